The zero-order valence-electron chi connectivity index (χ0n) is 9.44. The van der Waals surface area contributed by atoms with E-state index >= 15 is 0 Å². The van der Waals surface area contributed by atoms with Gasteiger partial charge in [-0.25, -0.2) is 8.78 Å². The Hall–Kier alpha value is -2.07. The first-order valence-electron chi connectivity index (χ1n) is 5.39. The normalized spacial score (nSPS) is 12.2. The van der Waals surface area contributed by atoms with Crippen LogP contribution >= 0.6 is 0 Å². The molecule has 4 heteroatoms. The lowest BCUT2D eigenvalue weighted by Crippen LogP contribution is -2.21. The number of halogens is 2. The highest BCUT2D eigenvalue weighted by molar-refractivity contribution is 6.00. The molecule has 92 valence electrons. The molecule has 18 heavy (non-hydrogen) atoms. The van der Waals surface area contributed by atoms with E-state index in [0.29, 0.717) is 11.1 Å². The van der Waals surface area contributed by atoms with Gasteiger partial charge in [0, 0.05) is 5.56 Å². The third-order valence-corrected chi connectivity index (χ3v) is 2.64. The van der Waals surface area contributed by atoms with Gasteiger partial charge in [0.05, 0.1) is 6.04 Å². The highest BCUT2D eigenvalue weighted by atomic mass is 19.1. The molecule has 2 N–H and O–H groups in total. The lowest BCUT2D eigenvalue weighted by molar-refractivity contribution is 0.0961. The van der Waals surface area contributed by atoms with E-state index in [1.807, 2.05) is 0 Å². The highest BCUT2D eigenvalue weighted by Gasteiger charge is 2.17. The minimum absolute atomic E-state index is 0.327. The summed E-state index contributed by atoms with van der Waals surface area (Å²) in [6.07, 6.45) is 0. The molecular weight excluding hydrogens is 236 g/mol. The second-order valence-electron chi connectivity index (χ2n) is 3.90. The molecule has 0 saturated heterocycles. The largest absolute Gasteiger partial charge is 0.318 e. The van der Waals surface area contributed by atoms with Crippen LogP contribution in [0.1, 0.15) is 22.0 Å². The van der Waals surface area contributed by atoms with Crippen molar-refractivity contribution < 1.29 is 13.6 Å². The Bertz CT molecular complexity index is 549. The van der Waals surface area contributed by atoms with E-state index in [1.165, 1.54) is 48.5 Å². The molecule has 0 radical (unpaired) electrons. The standard InChI is InChI=1S/C14H11F2NO/c15-11-5-1-9(2-6-11)13(17)14(18)10-3-7-12(16)8-4-10/h1-8,13H,17H2. The molecule has 1 atom stereocenters. The number of rotatable bonds is 3. The minimum atomic E-state index is -0.879. The maximum Gasteiger partial charge on any atom is 0.184 e. The van der Waals surface area contributed by atoms with Crippen molar-refractivity contribution in [1.29, 1.82) is 0 Å². The molecular formula is C14H11F2NO. The summed E-state index contributed by atoms with van der Waals surface area (Å²) in [5.41, 5.74) is 6.64. The van der Waals surface area contributed by atoms with Gasteiger partial charge in [0.1, 0.15) is 11.6 Å². The van der Waals surface area contributed by atoms with Gasteiger partial charge in [-0.2, -0.15) is 0 Å². The maximum atomic E-state index is 12.8. The van der Waals surface area contributed by atoms with Gasteiger partial charge in [0.25, 0.3) is 0 Å². The summed E-state index contributed by atoms with van der Waals surface area (Å²) in [6, 6.07) is 9.68. The third-order valence-electron chi connectivity index (χ3n) is 2.64. The Kier molecular flexibility index (Phi) is 3.48. The Morgan fingerprint density at radius 1 is 0.889 bits per heavy atom. The predicted octanol–water partition coefficient (Wildman–Crippen LogP) is 2.85. The van der Waals surface area contributed by atoms with Gasteiger partial charge in [-0.1, -0.05) is 12.1 Å². The molecule has 0 aliphatic heterocycles. The molecule has 2 aromatic carbocycles. The number of hydrogen-bond donors (Lipinski definition) is 1. The van der Waals surface area contributed by atoms with Gasteiger partial charge >= 0.3 is 0 Å². The predicted molar refractivity (Wildman–Crippen MR) is 64.1 cm³/mol. The van der Waals surface area contributed by atoms with Crippen LogP contribution in [0.4, 0.5) is 8.78 Å². The summed E-state index contributed by atoms with van der Waals surface area (Å²) in [4.78, 5) is 12.0. The van der Waals surface area contributed by atoms with Crippen molar-refractivity contribution in [1.82, 2.24) is 0 Å². The van der Waals surface area contributed by atoms with Crippen LogP contribution in [0.2, 0.25) is 0 Å². The van der Waals surface area contributed by atoms with Crippen molar-refractivity contribution in [3.8, 4) is 0 Å². The van der Waals surface area contributed by atoms with Crippen LogP contribution in [0.25, 0.3) is 0 Å². The van der Waals surface area contributed by atoms with E-state index in [9.17, 15) is 13.6 Å². The molecule has 0 aliphatic rings. The Morgan fingerprint density at radius 2 is 1.33 bits per heavy atom. The lowest BCUT2D eigenvalue weighted by atomic mass is 9.98. The van der Waals surface area contributed by atoms with E-state index in [1.54, 1.807) is 0 Å². The molecule has 0 heterocycles. The monoisotopic (exact) mass is 247 g/mol. The molecule has 1 unspecified atom stereocenters. The molecule has 2 rings (SSSR count). The van der Waals surface area contributed by atoms with Crippen LogP contribution in [0.15, 0.2) is 48.5 Å². The van der Waals surface area contributed by atoms with Gasteiger partial charge in [0.15, 0.2) is 5.78 Å². The van der Waals surface area contributed by atoms with E-state index < -0.39 is 11.9 Å². The number of carbonyl (C=O) groups excluding carboxylic acids is 1. The Balaban J connectivity index is 2.23. The smallest absolute Gasteiger partial charge is 0.184 e. The second kappa shape index (κ2) is 5.06. The summed E-state index contributed by atoms with van der Waals surface area (Å²) in [5.74, 6) is -1.14. The van der Waals surface area contributed by atoms with Crippen LogP contribution in [-0.4, -0.2) is 5.78 Å². The average molecular weight is 247 g/mol. The van der Waals surface area contributed by atoms with Crippen LogP contribution in [0, 0.1) is 11.6 Å². The highest BCUT2D eigenvalue weighted by Crippen LogP contribution is 2.17. The first-order chi connectivity index (χ1) is 8.58. The molecule has 0 aromatic heterocycles. The first-order valence-corrected chi connectivity index (χ1v) is 5.39. The van der Waals surface area contributed by atoms with Crippen molar-refractivity contribution in [2.45, 2.75) is 6.04 Å². The molecule has 2 aromatic rings. The number of hydrogen-bond acceptors (Lipinski definition) is 2. The van der Waals surface area contributed by atoms with Gasteiger partial charge in [0.2, 0.25) is 0 Å². The zero-order chi connectivity index (χ0) is 13.1. The molecule has 0 amide bonds. The second-order valence-corrected chi connectivity index (χ2v) is 3.90. The number of carbonyl (C=O) groups is 1. The minimum Gasteiger partial charge on any atom is -0.318 e. The lowest BCUT2D eigenvalue weighted by Gasteiger charge is -2.10. The van der Waals surface area contributed by atoms with Gasteiger partial charge < -0.3 is 5.73 Å². The molecule has 0 saturated carbocycles. The summed E-state index contributed by atoms with van der Waals surface area (Å²) in [7, 11) is 0. The van der Waals surface area contributed by atoms with Crippen LogP contribution in [0.5, 0.6) is 0 Å². The SMILES string of the molecule is NC(C(=O)c1ccc(F)cc1)c1ccc(F)cc1. The first kappa shape index (κ1) is 12.4. The number of Topliss-reactive ketones (excluding diaryl/α,β-unsaturated/α-hetero) is 1. The summed E-state index contributed by atoms with van der Waals surface area (Å²) in [6.45, 7) is 0. The zero-order valence-corrected chi connectivity index (χ0v) is 9.44. The Morgan fingerprint density at radius 3 is 1.83 bits per heavy atom. The fraction of sp³-hybridized carbons (Fsp3) is 0.0714. The van der Waals surface area contributed by atoms with Crippen LogP contribution in [-0.2, 0) is 0 Å². The van der Waals surface area contributed by atoms with Crippen LogP contribution < -0.4 is 5.73 Å². The van der Waals surface area contributed by atoms with Gasteiger partial charge in [-0.3, -0.25) is 4.79 Å². The molecule has 0 spiro atoms. The fourth-order valence-corrected chi connectivity index (χ4v) is 1.62. The summed E-state index contributed by atoms with van der Waals surface area (Å²) in [5, 5.41) is 0. The van der Waals surface area contributed by atoms with Crippen molar-refractivity contribution in [3.05, 3.63) is 71.3 Å². The number of benzene rings is 2. The third kappa shape index (κ3) is 2.60. The molecule has 0 bridgehead atoms. The van der Waals surface area contributed by atoms with Crippen molar-refractivity contribution >= 4 is 5.78 Å². The van der Waals surface area contributed by atoms with Gasteiger partial charge in [-0.15, -0.1) is 0 Å². The Labute approximate surface area is 103 Å². The van der Waals surface area contributed by atoms with Crippen molar-refractivity contribution in [2.75, 3.05) is 0 Å². The molecule has 0 aliphatic carbocycles. The van der Waals surface area contributed by atoms with Crippen molar-refractivity contribution in [3.63, 3.8) is 0 Å². The van der Waals surface area contributed by atoms with E-state index in [2.05, 4.69) is 0 Å². The van der Waals surface area contributed by atoms with E-state index in [-0.39, 0.29) is 11.6 Å². The maximum absolute atomic E-state index is 12.8. The molecule has 0 fully saturated rings. The summed E-state index contributed by atoms with van der Waals surface area (Å²) < 4.78 is 25.5. The topological polar surface area (TPSA) is 43.1 Å². The van der Waals surface area contributed by atoms with Crippen LogP contribution in [0.3, 0.4) is 0 Å². The fourth-order valence-electron chi connectivity index (χ4n) is 1.62. The number of ketones is 1. The average Bonchev–Trinajstić information content (AvgIpc) is 2.39. The van der Waals surface area contributed by atoms with E-state index in [0.717, 1.165) is 0 Å². The van der Waals surface area contributed by atoms with Crippen molar-refractivity contribution in [2.24, 2.45) is 5.73 Å². The quantitative estimate of drug-likeness (QED) is 0.847. The van der Waals surface area contributed by atoms with E-state index in [4.69, 9.17) is 5.73 Å². The number of nitrogens with two attached hydrogens (primary N) is 1. The molecule has 2 nitrogen and oxygen atoms in total. The van der Waals surface area contributed by atoms with Gasteiger partial charge in [-0.05, 0) is 42.0 Å². The summed E-state index contributed by atoms with van der Waals surface area (Å²) >= 11 is 0.